The SMILES string of the molecule is O=c1c(Br)c(Br)cnn1PI. The second-order valence-corrected chi connectivity index (χ2v) is 5.30. The molecular formula is C4H2Br2IN2OP. The molecular weight excluding hydrogens is 410 g/mol. The summed E-state index contributed by atoms with van der Waals surface area (Å²) in [4.78, 5) is 11.2. The van der Waals surface area contributed by atoms with Crippen molar-refractivity contribution in [2.75, 3.05) is 0 Å². The van der Waals surface area contributed by atoms with E-state index in [0.717, 1.165) is 0 Å². The van der Waals surface area contributed by atoms with E-state index in [9.17, 15) is 4.79 Å². The second-order valence-electron chi connectivity index (χ2n) is 1.61. The smallest absolute Gasteiger partial charge is 0.266 e. The van der Waals surface area contributed by atoms with Gasteiger partial charge in [-0.25, -0.2) is 4.45 Å². The van der Waals surface area contributed by atoms with Crippen molar-refractivity contribution in [2.45, 2.75) is 0 Å². The monoisotopic (exact) mass is 410 g/mol. The van der Waals surface area contributed by atoms with Crippen molar-refractivity contribution in [3.05, 3.63) is 25.5 Å². The predicted octanol–water partition coefficient (Wildman–Crippen LogP) is 2.56. The largest absolute Gasteiger partial charge is 0.285 e. The number of hydrogen-bond donors (Lipinski definition) is 0. The fourth-order valence-electron chi connectivity index (χ4n) is 0.473. The average Bonchev–Trinajstić information content (AvgIpc) is 2.01. The van der Waals surface area contributed by atoms with Gasteiger partial charge in [0.1, 0.15) is 4.47 Å². The topological polar surface area (TPSA) is 34.9 Å². The van der Waals surface area contributed by atoms with Gasteiger partial charge in [-0.05, 0) is 53.9 Å². The lowest BCUT2D eigenvalue weighted by molar-refractivity contribution is 0.902. The highest BCUT2D eigenvalue weighted by Gasteiger charge is 2.04. The number of nitrogens with zero attached hydrogens (tertiary/aromatic N) is 2. The van der Waals surface area contributed by atoms with E-state index < -0.39 is 0 Å². The van der Waals surface area contributed by atoms with E-state index in [2.05, 4.69) is 59.0 Å². The van der Waals surface area contributed by atoms with E-state index in [1.165, 1.54) is 4.45 Å². The summed E-state index contributed by atoms with van der Waals surface area (Å²) in [6.45, 7) is 0. The third kappa shape index (κ3) is 2.23. The van der Waals surface area contributed by atoms with Gasteiger partial charge in [-0.15, -0.1) is 0 Å². The van der Waals surface area contributed by atoms with E-state index in [-0.39, 0.29) is 5.56 Å². The van der Waals surface area contributed by atoms with Gasteiger partial charge in [0, 0.05) is 0 Å². The average molecular weight is 412 g/mol. The first kappa shape index (κ1) is 10.1. The molecule has 0 aliphatic heterocycles. The van der Waals surface area contributed by atoms with Crippen molar-refractivity contribution in [3.63, 3.8) is 0 Å². The van der Waals surface area contributed by atoms with Crippen molar-refractivity contribution in [1.29, 1.82) is 0 Å². The fraction of sp³-hybridized carbons (Fsp3) is 0. The van der Waals surface area contributed by atoms with E-state index in [1.54, 1.807) is 6.20 Å². The molecule has 0 N–H and O–H groups in total. The standard InChI is InChI=1S/C4H2Br2IN2OP/c5-2-1-8-9(11-7)4(10)3(2)6/h1,11H. The highest BCUT2D eigenvalue weighted by Crippen LogP contribution is 2.23. The summed E-state index contributed by atoms with van der Waals surface area (Å²) in [6.07, 6.45) is 1.93. The lowest BCUT2D eigenvalue weighted by Gasteiger charge is -1.99. The molecule has 1 aromatic rings. The maximum atomic E-state index is 11.2. The highest BCUT2D eigenvalue weighted by atomic mass is 127. The Balaban J connectivity index is 3.37. The van der Waals surface area contributed by atoms with Crippen LogP contribution in [0.2, 0.25) is 0 Å². The molecule has 1 aromatic heterocycles. The minimum absolute atomic E-state index is 0.105. The van der Waals surface area contributed by atoms with Gasteiger partial charge in [0.25, 0.3) is 5.56 Å². The Hall–Kier alpha value is 1.000. The highest BCUT2D eigenvalue weighted by molar-refractivity contribution is 14.2. The summed E-state index contributed by atoms with van der Waals surface area (Å²) >= 11 is 8.44. The Morgan fingerprint density at radius 3 is 2.82 bits per heavy atom. The third-order valence-electron chi connectivity index (χ3n) is 0.956. The molecule has 0 spiro atoms. The zero-order valence-corrected chi connectivity index (χ0v) is 11.3. The van der Waals surface area contributed by atoms with Crippen LogP contribution in [0.1, 0.15) is 0 Å². The van der Waals surface area contributed by atoms with Crippen molar-refractivity contribution in [2.24, 2.45) is 0 Å². The second kappa shape index (κ2) is 4.30. The van der Waals surface area contributed by atoms with Crippen LogP contribution in [-0.2, 0) is 0 Å². The van der Waals surface area contributed by atoms with Gasteiger partial charge in [0.15, 0.2) is 0 Å². The molecule has 0 fully saturated rings. The fourth-order valence-corrected chi connectivity index (χ4v) is 2.49. The molecule has 0 aromatic carbocycles. The van der Waals surface area contributed by atoms with Gasteiger partial charge in [-0.1, -0.05) is 0 Å². The summed E-state index contributed by atoms with van der Waals surface area (Å²) in [7, 11) is 0. The Bertz CT molecular complexity index is 328. The van der Waals surface area contributed by atoms with E-state index in [1.807, 2.05) is 0 Å². The molecule has 0 bridgehead atoms. The number of rotatable bonds is 1. The molecule has 7 heteroatoms. The van der Waals surface area contributed by atoms with Crippen LogP contribution in [0.5, 0.6) is 0 Å². The first-order valence-corrected chi connectivity index (χ1v) is 8.11. The maximum absolute atomic E-state index is 11.2. The Kier molecular flexibility index (Phi) is 3.94. The van der Waals surface area contributed by atoms with Gasteiger partial charge in [0.2, 0.25) is 0 Å². The summed E-state index contributed by atoms with van der Waals surface area (Å²) in [5.41, 5.74) is -0.105. The molecule has 1 heterocycles. The van der Waals surface area contributed by atoms with E-state index in [0.29, 0.717) is 15.3 Å². The van der Waals surface area contributed by atoms with Gasteiger partial charge >= 0.3 is 0 Å². The molecule has 0 aliphatic rings. The Morgan fingerprint density at radius 2 is 2.27 bits per heavy atom. The summed E-state index contributed by atoms with van der Waals surface area (Å²) < 4.78 is 2.61. The molecule has 0 saturated heterocycles. The van der Waals surface area contributed by atoms with Crippen LogP contribution >= 0.6 is 60.3 Å². The molecule has 0 aliphatic carbocycles. The number of halogens is 3. The Morgan fingerprint density at radius 1 is 1.64 bits per heavy atom. The van der Waals surface area contributed by atoms with Crippen LogP contribution in [0, 0.1) is 0 Å². The van der Waals surface area contributed by atoms with Crippen LogP contribution < -0.4 is 5.56 Å². The normalized spacial score (nSPS) is 11.2. The lowest BCUT2D eigenvalue weighted by atomic mass is 10.6. The number of aromatic nitrogens is 2. The van der Waals surface area contributed by atoms with Crippen molar-refractivity contribution < 1.29 is 0 Å². The molecule has 1 rings (SSSR count). The van der Waals surface area contributed by atoms with Crippen molar-refractivity contribution >= 4 is 60.3 Å². The molecule has 11 heavy (non-hydrogen) atoms. The van der Waals surface area contributed by atoms with Crippen LogP contribution in [-0.4, -0.2) is 9.55 Å². The predicted molar refractivity (Wildman–Crippen MR) is 61.6 cm³/mol. The number of hydrogen-bond acceptors (Lipinski definition) is 2. The van der Waals surface area contributed by atoms with Crippen LogP contribution in [0.4, 0.5) is 0 Å². The molecule has 3 nitrogen and oxygen atoms in total. The quantitative estimate of drug-likeness (QED) is 0.526. The first-order chi connectivity index (χ1) is 5.16. The maximum Gasteiger partial charge on any atom is 0.285 e. The van der Waals surface area contributed by atoms with Gasteiger partial charge in [0.05, 0.1) is 17.0 Å². The molecule has 0 amide bonds. The van der Waals surface area contributed by atoms with Gasteiger partial charge < -0.3 is 0 Å². The van der Waals surface area contributed by atoms with Crippen LogP contribution in [0.15, 0.2) is 19.9 Å². The third-order valence-corrected chi connectivity index (χ3v) is 4.71. The Labute approximate surface area is 94.5 Å². The summed E-state index contributed by atoms with van der Waals surface area (Å²) in [5.74, 6) is 0. The van der Waals surface area contributed by atoms with Crippen LogP contribution in [0.3, 0.4) is 0 Å². The van der Waals surface area contributed by atoms with Gasteiger partial charge in [-0.3, -0.25) is 4.79 Å². The summed E-state index contributed by atoms with van der Waals surface area (Å²) in [6, 6.07) is 0. The zero-order valence-electron chi connectivity index (χ0n) is 5.01. The lowest BCUT2D eigenvalue weighted by Crippen LogP contribution is -2.16. The van der Waals surface area contributed by atoms with E-state index in [4.69, 9.17) is 0 Å². The van der Waals surface area contributed by atoms with Crippen molar-refractivity contribution in [1.82, 2.24) is 9.55 Å². The molecule has 1 atom stereocenters. The minimum atomic E-state index is -0.105. The molecule has 0 saturated carbocycles. The minimum Gasteiger partial charge on any atom is -0.266 e. The first-order valence-electron chi connectivity index (χ1n) is 2.47. The van der Waals surface area contributed by atoms with Crippen LogP contribution in [0.25, 0.3) is 0 Å². The zero-order chi connectivity index (χ0) is 8.43. The van der Waals surface area contributed by atoms with Crippen molar-refractivity contribution in [3.8, 4) is 0 Å². The van der Waals surface area contributed by atoms with Gasteiger partial charge in [-0.2, -0.15) is 5.10 Å². The summed E-state index contributed by atoms with van der Waals surface area (Å²) in [5, 5.41) is 3.89. The molecule has 60 valence electrons. The molecule has 0 radical (unpaired) electrons. The molecule has 1 unspecified atom stereocenters. The van der Waals surface area contributed by atoms with E-state index >= 15 is 0 Å².